The van der Waals surface area contributed by atoms with E-state index >= 15 is 8.78 Å². The summed E-state index contributed by atoms with van der Waals surface area (Å²) < 4.78 is 42.9. The Morgan fingerprint density at radius 2 is 1.88 bits per heavy atom. The Hall–Kier alpha value is -4.54. The Balaban J connectivity index is 1.52. The zero-order valence-corrected chi connectivity index (χ0v) is 29.1. The van der Waals surface area contributed by atoms with Crippen molar-refractivity contribution < 1.29 is 32.6 Å². The van der Waals surface area contributed by atoms with E-state index in [0.717, 1.165) is 16.0 Å². The number of halogens is 2. The van der Waals surface area contributed by atoms with Crippen LogP contribution in [0.4, 0.5) is 13.6 Å². The van der Waals surface area contributed by atoms with Gasteiger partial charge in [0.25, 0.3) is 11.8 Å². The molecule has 0 spiro atoms. The quantitative estimate of drug-likeness (QED) is 0.274. The molecule has 3 amide bonds. The first-order chi connectivity index (χ1) is 22.9. The third kappa shape index (κ3) is 7.55. The molecule has 2 aliphatic heterocycles. The molecule has 3 aliphatic rings. The van der Waals surface area contributed by atoms with Crippen LogP contribution in [-0.2, 0) is 15.5 Å². The summed E-state index contributed by atoms with van der Waals surface area (Å²) in [4.78, 5) is 46.1. The van der Waals surface area contributed by atoms with Gasteiger partial charge in [-0.05, 0) is 89.3 Å². The van der Waals surface area contributed by atoms with Crippen molar-refractivity contribution in [2.75, 3.05) is 0 Å². The van der Waals surface area contributed by atoms with Crippen LogP contribution in [0.2, 0.25) is 0 Å². The highest BCUT2D eigenvalue weighted by molar-refractivity contribution is 6.04. The minimum Gasteiger partial charge on any atom is -0.487 e. The summed E-state index contributed by atoms with van der Waals surface area (Å²) in [6.07, 6.45) is 3.82. The zero-order chi connectivity index (χ0) is 35.9. The number of hydrogen-bond donors (Lipinski definition) is 2. The SMILES string of the molecule is C=CCC[C@]1(CC)CC(=O)N([C@@H]2CC(F)(F)c3ccc(C(=O)N[C@H]4CC(C)(C)Oc5ccc(C=C)cc54)cc32)/C(=N/C(=O)OC(C)(C)C)N1. The molecule has 2 aromatic rings. The van der Waals surface area contributed by atoms with E-state index in [1.165, 1.54) is 18.2 Å². The molecule has 2 aromatic carbocycles. The molecular formula is C38H46F2N4O5. The van der Waals surface area contributed by atoms with Crippen LogP contribution in [0.3, 0.4) is 0 Å². The number of carbonyl (C=O) groups is 3. The molecule has 0 aromatic heterocycles. The fraction of sp³-hybridized carbons (Fsp3) is 0.474. The van der Waals surface area contributed by atoms with Crippen molar-refractivity contribution in [3.8, 4) is 5.75 Å². The van der Waals surface area contributed by atoms with Gasteiger partial charge in [0.1, 0.15) is 17.0 Å². The molecule has 0 saturated carbocycles. The summed E-state index contributed by atoms with van der Waals surface area (Å²) in [5.74, 6) is -3.74. The van der Waals surface area contributed by atoms with Gasteiger partial charge in [0.15, 0.2) is 0 Å². The first kappa shape index (κ1) is 35.8. The summed E-state index contributed by atoms with van der Waals surface area (Å²) in [7, 11) is 0. The highest BCUT2D eigenvalue weighted by atomic mass is 19.3. The average molecular weight is 677 g/mol. The van der Waals surface area contributed by atoms with Crippen molar-refractivity contribution in [1.29, 1.82) is 0 Å². The van der Waals surface area contributed by atoms with Gasteiger partial charge in [0.05, 0.1) is 18.5 Å². The van der Waals surface area contributed by atoms with Gasteiger partial charge in [-0.3, -0.25) is 14.5 Å². The van der Waals surface area contributed by atoms with E-state index in [2.05, 4.69) is 28.8 Å². The van der Waals surface area contributed by atoms with E-state index in [0.29, 0.717) is 31.4 Å². The van der Waals surface area contributed by atoms with Crippen molar-refractivity contribution in [3.63, 3.8) is 0 Å². The summed E-state index contributed by atoms with van der Waals surface area (Å²) >= 11 is 0. The fourth-order valence-electron chi connectivity index (χ4n) is 6.90. The summed E-state index contributed by atoms with van der Waals surface area (Å²) in [6.45, 7) is 18.4. The second-order valence-electron chi connectivity index (χ2n) is 14.8. The van der Waals surface area contributed by atoms with E-state index in [1.807, 2.05) is 39.0 Å². The van der Waals surface area contributed by atoms with Gasteiger partial charge >= 0.3 is 6.09 Å². The van der Waals surface area contributed by atoms with Crippen molar-refractivity contribution in [3.05, 3.63) is 83.4 Å². The Morgan fingerprint density at radius 3 is 2.53 bits per heavy atom. The topological polar surface area (TPSA) is 109 Å². The van der Waals surface area contributed by atoms with E-state index in [1.54, 1.807) is 32.9 Å². The second-order valence-corrected chi connectivity index (χ2v) is 14.8. The van der Waals surface area contributed by atoms with Crippen molar-refractivity contribution in [1.82, 2.24) is 15.5 Å². The van der Waals surface area contributed by atoms with Crippen LogP contribution in [0, 0.1) is 0 Å². The number of nitrogens with zero attached hydrogens (tertiary/aromatic N) is 2. The molecule has 9 nitrogen and oxygen atoms in total. The third-order valence-corrected chi connectivity index (χ3v) is 9.32. The van der Waals surface area contributed by atoms with Crippen LogP contribution in [0.25, 0.3) is 6.08 Å². The average Bonchev–Trinajstić information content (AvgIpc) is 3.27. The predicted octanol–water partition coefficient (Wildman–Crippen LogP) is 8.13. The van der Waals surface area contributed by atoms with Gasteiger partial charge in [-0.1, -0.05) is 37.8 Å². The Kier molecular flexibility index (Phi) is 9.53. The van der Waals surface area contributed by atoms with Gasteiger partial charge in [0, 0.05) is 35.1 Å². The first-order valence-electron chi connectivity index (χ1n) is 16.7. The molecule has 0 radical (unpaired) electrons. The molecule has 0 bridgehead atoms. The lowest BCUT2D eigenvalue weighted by Gasteiger charge is -2.45. The molecule has 2 N–H and O–H groups in total. The number of fused-ring (bicyclic) bond motifs is 2. The van der Waals surface area contributed by atoms with E-state index in [9.17, 15) is 14.4 Å². The maximum atomic E-state index is 15.7. The van der Waals surface area contributed by atoms with Crippen molar-refractivity contribution >= 4 is 29.9 Å². The smallest absolute Gasteiger partial charge is 0.437 e. The van der Waals surface area contributed by atoms with Crippen LogP contribution in [0.5, 0.6) is 5.75 Å². The fourth-order valence-corrected chi connectivity index (χ4v) is 6.90. The molecular weight excluding hydrogens is 630 g/mol. The number of hydrogen-bond acceptors (Lipinski definition) is 5. The summed E-state index contributed by atoms with van der Waals surface area (Å²) in [5, 5.41) is 6.35. The van der Waals surface area contributed by atoms with Crippen LogP contribution in [-0.4, -0.2) is 45.5 Å². The monoisotopic (exact) mass is 676 g/mol. The molecule has 1 fully saturated rings. The molecule has 2 heterocycles. The van der Waals surface area contributed by atoms with Gasteiger partial charge in [-0.2, -0.15) is 0 Å². The molecule has 11 heteroatoms. The number of alkyl halides is 2. The standard InChI is InChI=1S/C38H46F2N4O5/c1-9-12-17-37(11-3)22-31(45)44(33(43-37)42-34(47)49-35(4,5)6)29-21-38(39,40)27-15-14-24(19-25(27)29)32(46)41-28-20-36(7,8)48-30-16-13-23(10-2)18-26(28)30/h9-10,13-16,18-19,28-29H,1-2,11-12,17,20-22H2,3-8H3,(H,41,46)(H,42,43,47)/t28-,29+,37+/m0/s1. The molecule has 49 heavy (non-hydrogen) atoms. The summed E-state index contributed by atoms with van der Waals surface area (Å²) in [6, 6.07) is 8.05. The van der Waals surface area contributed by atoms with Gasteiger partial charge in [0.2, 0.25) is 11.9 Å². The number of guanidine groups is 1. The number of benzene rings is 2. The normalized spacial score (nSPS) is 24.6. The molecule has 262 valence electrons. The van der Waals surface area contributed by atoms with Crippen LogP contribution < -0.4 is 15.4 Å². The summed E-state index contributed by atoms with van der Waals surface area (Å²) in [5.41, 5.74) is -0.581. The van der Waals surface area contributed by atoms with Crippen molar-refractivity contribution in [2.24, 2.45) is 4.99 Å². The maximum absolute atomic E-state index is 15.7. The predicted molar refractivity (Wildman–Crippen MR) is 184 cm³/mol. The Morgan fingerprint density at radius 1 is 1.14 bits per heavy atom. The van der Waals surface area contributed by atoms with Gasteiger partial charge in [-0.15, -0.1) is 11.6 Å². The molecule has 0 unspecified atom stereocenters. The van der Waals surface area contributed by atoms with E-state index < -0.39 is 59.1 Å². The van der Waals surface area contributed by atoms with Crippen LogP contribution in [0.1, 0.15) is 125 Å². The van der Waals surface area contributed by atoms with Gasteiger partial charge in [-0.25, -0.2) is 13.6 Å². The largest absolute Gasteiger partial charge is 0.487 e. The third-order valence-electron chi connectivity index (χ3n) is 9.32. The lowest BCUT2D eigenvalue weighted by atomic mass is 9.84. The minimum atomic E-state index is -3.31. The molecule has 1 saturated heterocycles. The highest BCUT2D eigenvalue weighted by Gasteiger charge is 2.52. The number of nitrogens with one attached hydrogen (secondary N) is 2. The number of amides is 3. The van der Waals surface area contributed by atoms with Gasteiger partial charge < -0.3 is 20.1 Å². The van der Waals surface area contributed by atoms with Crippen molar-refractivity contribution in [2.45, 2.75) is 115 Å². The van der Waals surface area contributed by atoms with Crippen LogP contribution in [0.15, 0.2) is 60.6 Å². The zero-order valence-electron chi connectivity index (χ0n) is 29.1. The Bertz CT molecular complexity index is 1710. The first-order valence-corrected chi connectivity index (χ1v) is 16.7. The number of rotatable bonds is 8. The lowest BCUT2D eigenvalue weighted by molar-refractivity contribution is -0.133. The number of carbonyl (C=O) groups excluding carboxylic acids is 3. The Labute approximate surface area is 286 Å². The van der Waals surface area contributed by atoms with E-state index in [4.69, 9.17) is 9.47 Å². The maximum Gasteiger partial charge on any atom is 0.437 e. The minimum absolute atomic E-state index is 0.00605. The number of aliphatic imine (C=N–C) groups is 1. The lowest BCUT2D eigenvalue weighted by Crippen LogP contribution is -2.63. The second kappa shape index (κ2) is 13.1. The van der Waals surface area contributed by atoms with Crippen LogP contribution >= 0.6 is 0 Å². The number of allylic oxidation sites excluding steroid dienone is 1. The molecule has 5 rings (SSSR count). The number of ether oxygens (including phenoxy) is 2. The highest BCUT2D eigenvalue weighted by Crippen LogP contribution is 2.51. The van der Waals surface area contributed by atoms with E-state index in [-0.39, 0.29) is 29.1 Å². The molecule has 1 aliphatic carbocycles. The molecule has 3 atom stereocenters.